The molecule has 1 fully saturated rings. The molecule has 0 spiro atoms. The van der Waals surface area contributed by atoms with Crippen LogP contribution in [0.4, 0.5) is 0 Å². The first-order valence-corrected chi connectivity index (χ1v) is 8.82. The van der Waals surface area contributed by atoms with Gasteiger partial charge in [0.25, 0.3) is 0 Å². The number of carboxylic acids is 2. The van der Waals surface area contributed by atoms with Crippen molar-refractivity contribution in [2.24, 2.45) is 5.41 Å². The number of fused-ring (bicyclic) bond motifs is 1. The number of nitrogens with one attached hydrogen (secondary N) is 1. The van der Waals surface area contributed by atoms with Crippen molar-refractivity contribution in [1.82, 2.24) is 5.32 Å². The summed E-state index contributed by atoms with van der Waals surface area (Å²) in [5.74, 6) is -1.66. The van der Waals surface area contributed by atoms with Gasteiger partial charge in [-0.1, -0.05) is 12.5 Å². The Balaban J connectivity index is 1.65. The molecule has 1 atom stereocenters. The van der Waals surface area contributed by atoms with Crippen molar-refractivity contribution in [3.05, 3.63) is 34.9 Å². The van der Waals surface area contributed by atoms with Crippen LogP contribution in [0.2, 0.25) is 0 Å². The van der Waals surface area contributed by atoms with Gasteiger partial charge in [-0.05, 0) is 74.8 Å². The molecule has 130 valence electrons. The zero-order chi connectivity index (χ0) is 17.2. The molecule has 0 bridgehead atoms. The molecule has 5 heteroatoms. The molecule has 0 aromatic heterocycles. The fraction of sp³-hybridized carbons (Fsp3) is 0.579. The largest absolute Gasteiger partial charge is 0.481 e. The maximum Gasteiger partial charge on any atom is 0.335 e. The van der Waals surface area contributed by atoms with Crippen molar-refractivity contribution in [2.45, 2.75) is 57.4 Å². The molecule has 5 nitrogen and oxygen atoms in total. The maximum absolute atomic E-state index is 11.9. The summed E-state index contributed by atoms with van der Waals surface area (Å²) < 4.78 is 0. The summed E-state index contributed by atoms with van der Waals surface area (Å²) in [4.78, 5) is 23.0. The van der Waals surface area contributed by atoms with Gasteiger partial charge in [-0.3, -0.25) is 4.79 Å². The molecule has 3 rings (SSSR count). The average molecular weight is 331 g/mol. The second kappa shape index (κ2) is 6.93. The first kappa shape index (κ1) is 17.0. The number of aryl methyl sites for hydroxylation is 1. The molecule has 2 aliphatic rings. The molecule has 0 saturated heterocycles. The van der Waals surface area contributed by atoms with Crippen LogP contribution < -0.4 is 5.32 Å². The Bertz CT molecular complexity index is 638. The van der Waals surface area contributed by atoms with Crippen LogP contribution in [0, 0.1) is 5.41 Å². The smallest absolute Gasteiger partial charge is 0.335 e. The third-order valence-corrected chi connectivity index (χ3v) is 5.68. The van der Waals surface area contributed by atoms with Crippen LogP contribution in [0.1, 0.15) is 60.0 Å². The summed E-state index contributed by atoms with van der Waals surface area (Å²) in [5.41, 5.74) is 1.54. The molecule has 0 radical (unpaired) electrons. The Labute approximate surface area is 142 Å². The third kappa shape index (κ3) is 3.46. The lowest BCUT2D eigenvalue weighted by atomic mass is 9.69. The summed E-state index contributed by atoms with van der Waals surface area (Å²) in [6.07, 6.45) is 7.04. The number of hydrogen-bond acceptors (Lipinski definition) is 3. The van der Waals surface area contributed by atoms with E-state index in [-0.39, 0.29) is 5.56 Å². The van der Waals surface area contributed by atoms with Gasteiger partial charge in [0.2, 0.25) is 0 Å². The van der Waals surface area contributed by atoms with E-state index in [4.69, 9.17) is 5.11 Å². The zero-order valence-corrected chi connectivity index (χ0v) is 13.9. The number of carboxylic acid groups (broad SMARTS) is 2. The molecule has 2 aliphatic carbocycles. The molecule has 0 amide bonds. The molecule has 24 heavy (non-hydrogen) atoms. The van der Waals surface area contributed by atoms with Gasteiger partial charge >= 0.3 is 11.9 Å². The van der Waals surface area contributed by atoms with E-state index in [0.717, 1.165) is 24.1 Å². The minimum absolute atomic E-state index is 0.279. The highest BCUT2D eigenvalue weighted by atomic mass is 16.4. The van der Waals surface area contributed by atoms with Crippen LogP contribution in [-0.2, 0) is 17.6 Å². The number of benzene rings is 1. The van der Waals surface area contributed by atoms with Crippen LogP contribution >= 0.6 is 0 Å². The van der Waals surface area contributed by atoms with Gasteiger partial charge in [-0.25, -0.2) is 4.79 Å². The summed E-state index contributed by atoms with van der Waals surface area (Å²) in [6.45, 7) is 0.879. The Morgan fingerprint density at radius 2 is 2.00 bits per heavy atom. The van der Waals surface area contributed by atoms with Crippen LogP contribution in [0.5, 0.6) is 0 Å². The van der Waals surface area contributed by atoms with Crippen molar-refractivity contribution >= 4 is 11.9 Å². The van der Waals surface area contributed by atoms with Crippen molar-refractivity contribution in [1.29, 1.82) is 0 Å². The predicted molar refractivity (Wildman–Crippen MR) is 90.4 cm³/mol. The quantitative estimate of drug-likeness (QED) is 0.669. The average Bonchev–Trinajstić information content (AvgIpc) is 2.52. The van der Waals surface area contributed by atoms with E-state index in [9.17, 15) is 14.7 Å². The normalized spacial score (nSPS) is 23.3. The Morgan fingerprint density at radius 3 is 2.62 bits per heavy atom. The number of hydrogen-bond donors (Lipinski definition) is 3. The van der Waals surface area contributed by atoms with Gasteiger partial charge in [-0.2, -0.15) is 0 Å². The van der Waals surface area contributed by atoms with Crippen molar-refractivity contribution in [2.75, 3.05) is 6.54 Å². The monoisotopic (exact) mass is 331 g/mol. The number of rotatable bonds is 7. The van der Waals surface area contributed by atoms with E-state index in [0.29, 0.717) is 31.7 Å². The zero-order valence-electron chi connectivity index (χ0n) is 13.9. The van der Waals surface area contributed by atoms with E-state index in [1.54, 1.807) is 18.2 Å². The van der Waals surface area contributed by atoms with Crippen molar-refractivity contribution in [3.8, 4) is 0 Å². The fourth-order valence-corrected chi connectivity index (χ4v) is 3.84. The summed E-state index contributed by atoms with van der Waals surface area (Å²) >= 11 is 0. The number of aliphatic carboxylic acids is 1. The highest BCUT2D eigenvalue weighted by Gasteiger charge is 2.41. The molecule has 1 saturated carbocycles. The van der Waals surface area contributed by atoms with E-state index >= 15 is 0 Å². The predicted octanol–water partition coefficient (Wildman–Crippen LogP) is 2.87. The van der Waals surface area contributed by atoms with Gasteiger partial charge in [-0.15, -0.1) is 0 Å². The maximum atomic E-state index is 11.9. The number of carbonyl (C=O) groups is 2. The van der Waals surface area contributed by atoms with Gasteiger partial charge in [0, 0.05) is 6.04 Å². The molecule has 3 N–H and O–H groups in total. The Morgan fingerprint density at radius 1 is 1.21 bits per heavy atom. The first-order valence-electron chi connectivity index (χ1n) is 8.82. The SMILES string of the molecule is O=C(O)c1ccc2c(c1)CCC(CCCNC1CCC1)(C(=O)O)C2. The molecule has 1 aromatic carbocycles. The van der Waals surface area contributed by atoms with E-state index < -0.39 is 17.4 Å². The lowest BCUT2D eigenvalue weighted by Crippen LogP contribution is -2.39. The summed E-state index contributed by atoms with van der Waals surface area (Å²) in [7, 11) is 0. The molecule has 1 unspecified atom stereocenters. The molecular weight excluding hydrogens is 306 g/mol. The van der Waals surface area contributed by atoms with Gasteiger partial charge in [0.1, 0.15) is 0 Å². The second-order valence-electron chi connectivity index (χ2n) is 7.24. The van der Waals surface area contributed by atoms with Gasteiger partial charge in [0.15, 0.2) is 0 Å². The fourth-order valence-electron chi connectivity index (χ4n) is 3.84. The Kier molecular flexibility index (Phi) is 4.90. The minimum atomic E-state index is -0.935. The topological polar surface area (TPSA) is 86.6 Å². The van der Waals surface area contributed by atoms with Crippen LogP contribution in [-0.4, -0.2) is 34.7 Å². The van der Waals surface area contributed by atoms with Gasteiger partial charge in [0.05, 0.1) is 11.0 Å². The highest BCUT2D eigenvalue weighted by molar-refractivity contribution is 5.88. The summed E-state index contributed by atoms with van der Waals surface area (Å²) in [5, 5.41) is 22.4. The second-order valence-corrected chi connectivity index (χ2v) is 7.24. The van der Waals surface area contributed by atoms with Crippen LogP contribution in [0.15, 0.2) is 18.2 Å². The lowest BCUT2D eigenvalue weighted by Gasteiger charge is -2.35. The van der Waals surface area contributed by atoms with E-state index in [1.807, 2.05) is 0 Å². The van der Waals surface area contributed by atoms with Crippen LogP contribution in [0.25, 0.3) is 0 Å². The molecule has 1 aromatic rings. The standard InChI is InChI=1S/C19H25NO4/c21-17(22)14-5-6-15-12-19(18(23)24,9-7-13(15)11-14)8-2-10-20-16-3-1-4-16/h5-6,11,16,20H,1-4,7-10,12H2,(H,21,22)(H,23,24). The summed E-state index contributed by atoms with van der Waals surface area (Å²) in [6, 6.07) is 5.70. The third-order valence-electron chi connectivity index (χ3n) is 5.68. The van der Waals surface area contributed by atoms with Crippen molar-refractivity contribution in [3.63, 3.8) is 0 Å². The van der Waals surface area contributed by atoms with Crippen molar-refractivity contribution < 1.29 is 19.8 Å². The Hall–Kier alpha value is -1.88. The van der Waals surface area contributed by atoms with E-state index in [2.05, 4.69) is 5.32 Å². The molecule has 0 heterocycles. The van der Waals surface area contributed by atoms with Crippen LogP contribution in [0.3, 0.4) is 0 Å². The molecular formula is C19H25NO4. The molecule has 0 aliphatic heterocycles. The van der Waals surface area contributed by atoms with E-state index in [1.165, 1.54) is 19.3 Å². The lowest BCUT2D eigenvalue weighted by molar-refractivity contribution is -0.150. The van der Waals surface area contributed by atoms with Gasteiger partial charge < -0.3 is 15.5 Å². The first-order chi connectivity index (χ1) is 11.5. The minimum Gasteiger partial charge on any atom is -0.481 e. The highest BCUT2D eigenvalue weighted by Crippen LogP contribution is 2.40. The number of aromatic carboxylic acids is 1.